The lowest BCUT2D eigenvalue weighted by molar-refractivity contribution is 0.680. The smallest absolute Gasteiger partial charge is 0.0277 e. The van der Waals surface area contributed by atoms with Gasteiger partial charge in [-0.1, -0.05) is 32.1 Å². The summed E-state index contributed by atoms with van der Waals surface area (Å²) in [5.74, 6) is 0.602. The van der Waals surface area contributed by atoms with E-state index in [2.05, 4.69) is 31.0 Å². The Kier molecular flexibility index (Phi) is 6.35. The Hall–Kier alpha value is -0.850. The number of hydrogen-bond donors (Lipinski definition) is 0. The lowest BCUT2D eigenvalue weighted by Crippen LogP contribution is -1.98. The van der Waals surface area contributed by atoms with Crippen LogP contribution in [0.15, 0.2) is 28.8 Å². The molecule has 0 aromatic rings. The van der Waals surface area contributed by atoms with Gasteiger partial charge in [-0.3, -0.25) is 4.99 Å². The minimum atomic E-state index is 0.602. The molecule has 0 aliphatic heterocycles. The topological polar surface area (TPSA) is 12.4 Å². The van der Waals surface area contributed by atoms with Gasteiger partial charge in [0.1, 0.15) is 0 Å². The minimum Gasteiger partial charge on any atom is -0.296 e. The summed E-state index contributed by atoms with van der Waals surface area (Å²) < 4.78 is 0. The quantitative estimate of drug-likeness (QED) is 0.448. The molecular weight excluding hydrogens is 146 g/mol. The molecule has 0 heterocycles. The average Bonchev–Trinajstić information content (AvgIpc) is 2.11. The third-order valence-electron chi connectivity index (χ3n) is 1.94. The van der Waals surface area contributed by atoms with E-state index in [9.17, 15) is 0 Å². The summed E-state index contributed by atoms with van der Waals surface area (Å²) >= 11 is 0. The van der Waals surface area contributed by atoms with Crippen LogP contribution in [0, 0.1) is 5.92 Å². The molecule has 0 bridgehead atoms. The van der Waals surface area contributed by atoms with Crippen LogP contribution in [0.5, 0.6) is 0 Å². The fourth-order valence-corrected chi connectivity index (χ4v) is 0.927. The van der Waals surface area contributed by atoms with Gasteiger partial charge in [-0.05, 0) is 24.8 Å². The Labute approximate surface area is 75.9 Å². The predicted molar refractivity (Wildman–Crippen MR) is 56.8 cm³/mol. The first-order chi connectivity index (χ1) is 5.76. The first-order valence-electron chi connectivity index (χ1n) is 4.51. The molecule has 0 aromatic carbocycles. The molecule has 0 aliphatic rings. The number of allylic oxidation sites excluding steroid dienone is 4. The van der Waals surface area contributed by atoms with Gasteiger partial charge in [0.05, 0.1) is 0 Å². The molecule has 0 aliphatic carbocycles. The molecule has 1 unspecified atom stereocenters. The molecule has 0 fully saturated rings. The van der Waals surface area contributed by atoms with Crippen LogP contribution in [-0.4, -0.2) is 13.3 Å². The molecule has 0 spiro atoms. The van der Waals surface area contributed by atoms with Gasteiger partial charge in [0.25, 0.3) is 0 Å². The SMILES string of the molecule is C\C=C/C=C(\C=N/C)C(C)CC. The largest absolute Gasteiger partial charge is 0.296 e. The van der Waals surface area contributed by atoms with E-state index >= 15 is 0 Å². The van der Waals surface area contributed by atoms with E-state index in [1.165, 1.54) is 5.57 Å². The highest BCUT2D eigenvalue weighted by atomic mass is 14.6. The van der Waals surface area contributed by atoms with Gasteiger partial charge < -0.3 is 0 Å². The summed E-state index contributed by atoms with van der Waals surface area (Å²) in [6, 6.07) is 0. The maximum Gasteiger partial charge on any atom is 0.0277 e. The van der Waals surface area contributed by atoms with Crippen LogP contribution >= 0.6 is 0 Å². The van der Waals surface area contributed by atoms with E-state index in [4.69, 9.17) is 0 Å². The van der Waals surface area contributed by atoms with Gasteiger partial charge >= 0.3 is 0 Å². The van der Waals surface area contributed by atoms with Crippen molar-refractivity contribution >= 4 is 6.21 Å². The zero-order valence-electron chi connectivity index (χ0n) is 8.54. The molecule has 0 amide bonds. The molecule has 0 radical (unpaired) electrons. The monoisotopic (exact) mass is 165 g/mol. The van der Waals surface area contributed by atoms with E-state index in [1.807, 2.05) is 26.3 Å². The van der Waals surface area contributed by atoms with E-state index in [0.717, 1.165) is 6.42 Å². The highest BCUT2D eigenvalue weighted by Crippen LogP contribution is 2.12. The highest BCUT2D eigenvalue weighted by molar-refractivity contribution is 5.79. The lowest BCUT2D eigenvalue weighted by Gasteiger charge is -2.07. The standard InChI is InChI=1S/C11H19N/c1-5-7-8-11(9-12-4)10(3)6-2/h5,7-10H,6H2,1-4H3/b7-5-,11-8+,12-9-. The fraction of sp³-hybridized carbons (Fsp3) is 0.545. The van der Waals surface area contributed by atoms with Gasteiger partial charge in [0, 0.05) is 13.3 Å². The normalized spacial score (nSPS) is 16.2. The Balaban J connectivity index is 4.41. The van der Waals surface area contributed by atoms with Gasteiger partial charge in [-0.25, -0.2) is 0 Å². The lowest BCUT2D eigenvalue weighted by atomic mass is 9.99. The van der Waals surface area contributed by atoms with Gasteiger partial charge in [0.15, 0.2) is 0 Å². The van der Waals surface area contributed by atoms with E-state index in [-0.39, 0.29) is 0 Å². The van der Waals surface area contributed by atoms with Crippen LogP contribution < -0.4 is 0 Å². The summed E-state index contributed by atoms with van der Waals surface area (Å²) in [5, 5.41) is 0. The molecule has 1 heteroatoms. The third-order valence-corrected chi connectivity index (χ3v) is 1.94. The molecule has 1 nitrogen and oxygen atoms in total. The van der Waals surface area contributed by atoms with Gasteiger partial charge in [-0.2, -0.15) is 0 Å². The number of aliphatic imine (C=N–C) groups is 1. The van der Waals surface area contributed by atoms with Crippen molar-refractivity contribution in [2.45, 2.75) is 27.2 Å². The van der Waals surface area contributed by atoms with Crippen molar-refractivity contribution in [2.24, 2.45) is 10.9 Å². The molecule has 0 aromatic heterocycles. The van der Waals surface area contributed by atoms with Crippen LogP contribution in [0.25, 0.3) is 0 Å². The Morgan fingerprint density at radius 2 is 2.17 bits per heavy atom. The van der Waals surface area contributed by atoms with Crippen LogP contribution in [0.2, 0.25) is 0 Å². The Morgan fingerprint density at radius 3 is 2.58 bits per heavy atom. The summed E-state index contributed by atoms with van der Waals surface area (Å²) in [6.45, 7) is 6.43. The second-order valence-electron chi connectivity index (χ2n) is 2.89. The molecule has 0 saturated carbocycles. The van der Waals surface area contributed by atoms with Gasteiger partial charge in [-0.15, -0.1) is 0 Å². The molecule has 0 rings (SSSR count). The summed E-state index contributed by atoms with van der Waals surface area (Å²) in [4.78, 5) is 4.03. The fourth-order valence-electron chi connectivity index (χ4n) is 0.927. The molecule has 68 valence electrons. The predicted octanol–water partition coefficient (Wildman–Crippen LogP) is 3.24. The second-order valence-corrected chi connectivity index (χ2v) is 2.89. The van der Waals surface area contributed by atoms with Crippen LogP contribution in [0.3, 0.4) is 0 Å². The molecule has 0 saturated heterocycles. The number of nitrogens with zero attached hydrogens (tertiary/aromatic N) is 1. The second kappa shape index (κ2) is 6.84. The zero-order chi connectivity index (χ0) is 9.40. The van der Waals surface area contributed by atoms with E-state index in [0.29, 0.717) is 5.92 Å². The minimum absolute atomic E-state index is 0.602. The first kappa shape index (κ1) is 11.2. The molecule has 0 N–H and O–H groups in total. The van der Waals surface area contributed by atoms with Crippen molar-refractivity contribution in [1.82, 2.24) is 0 Å². The highest BCUT2D eigenvalue weighted by Gasteiger charge is 2.01. The van der Waals surface area contributed by atoms with Crippen molar-refractivity contribution in [2.75, 3.05) is 7.05 Å². The molecule has 12 heavy (non-hydrogen) atoms. The van der Waals surface area contributed by atoms with Crippen molar-refractivity contribution in [3.8, 4) is 0 Å². The van der Waals surface area contributed by atoms with E-state index in [1.54, 1.807) is 0 Å². The Bertz CT molecular complexity index is 187. The number of hydrogen-bond acceptors (Lipinski definition) is 1. The van der Waals surface area contributed by atoms with Gasteiger partial charge in [0.2, 0.25) is 0 Å². The molecular formula is C11H19N. The van der Waals surface area contributed by atoms with Crippen molar-refractivity contribution in [3.63, 3.8) is 0 Å². The van der Waals surface area contributed by atoms with Crippen LogP contribution in [-0.2, 0) is 0 Å². The molecule has 1 atom stereocenters. The van der Waals surface area contributed by atoms with Crippen molar-refractivity contribution in [3.05, 3.63) is 23.8 Å². The number of rotatable bonds is 4. The average molecular weight is 165 g/mol. The zero-order valence-corrected chi connectivity index (χ0v) is 8.54. The summed E-state index contributed by atoms with van der Waals surface area (Å²) in [5.41, 5.74) is 1.30. The maximum atomic E-state index is 4.03. The third kappa shape index (κ3) is 4.12. The van der Waals surface area contributed by atoms with Crippen molar-refractivity contribution in [1.29, 1.82) is 0 Å². The van der Waals surface area contributed by atoms with Crippen LogP contribution in [0.4, 0.5) is 0 Å². The maximum absolute atomic E-state index is 4.03. The van der Waals surface area contributed by atoms with Crippen molar-refractivity contribution < 1.29 is 0 Å². The van der Waals surface area contributed by atoms with Crippen LogP contribution in [0.1, 0.15) is 27.2 Å². The summed E-state index contributed by atoms with van der Waals surface area (Å²) in [7, 11) is 1.81. The Morgan fingerprint density at radius 1 is 1.50 bits per heavy atom. The summed E-state index contributed by atoms with van der Waals surface area (Å²) in [6.07, 6.45) is 9.32. The first-order valence-corrected chi connectivity index (χ1v) is 4.51. The van der Waals surface area contributed by atoms with E-state index < -0.39 is 0 Å².